The van der Waals surface area contributed by atoms with Gasteiger partial charge in [0, 0.05) is 25.5 Å². The van der Waals surface area contributed by atoms with Crippen LogP contribution in [-0.2, 0) is 13.6 Å². The fourth-order valence-corrected chi connectivity index (χ4v) is 1.81. The summed E-state index contributed by atoms with van der Waals surface area (Å²) in [6, 6.07) is 0.356. The van der Waals surface area contributed by atoms with Crippen LogP contribution in [0.3, 0.4) is 0 Å². The summed E-state index contributed by atoms with van der Waals surface area (Å²) in [5, 5.41) is 7.11. The molecule has 0 radical (unpaired) electrons. The number of rotatable bonds is 4. The zero-order valence-corrected chi connectivity index (χ0v) is 10.1. The van der Waals surface area contributed by atoms with Gasteiger partial charge >= 0.3 is 0 Å². The van der Waals surface area contributed by atoms with Gasteiger partial charge in [0.05, 0.1) is 6.54 Å². The van der Waals surface area contributed by atoms with Gasteiger partial charge in [-0.25, -0.2) is 9.97 Å². The van der Waals surface area contributed by atoms with E-state index >= 15 is 0 Å². The molecular weight excluding hydrogens is 232 g/mol. The van der Waals surface area contributed by atoms with Crippen LogP contribution >= 0.6 is 0 Å². The third-order valence-electron chi connectivity index (χ3n) is 2.87. The molecule has 3 rings (SSSR count). The number of hydrogen-bond donors (Lipinski definition) is 1. The van der Waals surface area contributed by atoms with Crippen molar-refractivity contribution < 1.29 is 0 Å². The zero-order chi connectivity index (χ0) is 12.5. The highest BCUT2D eigenvalue weighted by atomic mass is 16.1. The van der Waals surface area contributed by atoms with Crippen LogP contribution in [-0.4, -0.2) is 24.3 Å². The SMILES string of the molecule is Cn1cnc(CNc2nccn(C3CC3)c2=O)n1. The minimum Gasteiger partial charge on any atom is -0.358 e. The van der Waals surface area contributed by atoms with Crippen LogP contribution in [0.15, 0.2) is 23.5 Å². The van der Waals surface area contributed by atoms with Crippen LogP contribution in [0.4, 0.5) is 5.82 Å². The predicted octanol–water partition coefficient (Wildman–Crippen LogP) is 0.319. The van der Waals surface area contributed by atoms with Gasteiger partial charge in [-0.2, -0.15) is 5.10 Å². The number of nitrogens with zero attached hydrogens (tertiary/aromatic N) is 5. The van der Waals surface area contributed by atoms with Crippen molar-refractivity contribution in [1.29, 1.82) is 0 Å². The van der Waals surface area contributed by atoms with E-state index in [0.717, 1.165) is 12.8 Å². The summed E-state index contributed by atoms with van der Waals surface area (Å²) in [6.45, 7) is 0.401. The highest BCUT2D eigenvalue weighted by Crippen LogP contribution is 2.33. The van der Waals surface area contributed by atoms with Crippen molar-refractivity contribution in [1.82, 2.24) is 24.3 Å². The van der Waals surface area contributed by atoms with E-state index in [1.54, 1.807) is 35.0 Å². The Balaban J connectivity index is 1.76. The molecule has 0 aliphatic heterocycles. The van der Waals surface area contributed by atoms with E-state index in [2.05, 4.69) is 20.4 Å². The molecule has 0 amide bonds. The van der Waals surface area contributed by atoms with Crippen molar-refractivity contribution in [3.8, 4) is 0 Å². The molecule has 2 aromatic heterocycles. The molecule has 0 bridgehead atoms. The Bertz CT molecular complexity index is 612. The lowest BCUT2D eigenvalue weighted by atomic mass is 10.5. The number of hydrogen-bond acceptors (Lipinski definition) is 5. The second-order valence-corrected chi connectivity index (χ2v) is 4.41. The first kappa shape index (κ1) is 10.9. The Labute approximate surface area is 103 Å². The number of anilines is 1. The van der Waals surface area contributed by atoms with Gasteiger partial charge in [0.1, 0.15) is 6.33 Å². The van der Waals surface area contributed by atoms with E-state index < -0.39 is 0 Å². The summed E-state index contributed by atoms with van der Waals surface area (Å²) in [5.41, 5.74) is -0.0732. The molecule has 7 nitrogen and oxygen atoms in total. The zero-order valence-electron chi connectivity index (χ0n) is 10.1. The third-order valence-corrected chi connectivity index (χ3v) is 2.87. The van der Waals surface area contributed by atoms with Gasteiger partial charge in [-0.15, -0.1) is 0 Å². The standard InChI is InChI=1S/C11H14N6O/c1-16-7-14-9(15-16)6-13-10-11(18)17(5-4-12-10)8-2-3-8/h4-5,7-8H,2-3,6H2,1H3,(H,12,13). The van der Waals surface area contributed by atoms with Crippen LogP contribution in [0.5, 0.6) is 0 Å². The second-order valence-electron chi connectivity index (χ2n) is 4.41. The number of nitrogens with one attached hydrogen (secondary N) is 1. The number of aromatic nitrogens is 5. The van der Waals surface area contributed by atoms with Crippen LogP contribution in [0, 0.1) is 0 Å². The van der Waals surface area contributed by atoms with Gasteiger partial charge in [-0.05, 0) is 12.8 Å². The number of aryl methyl sites for hydroxylation is 1. The molecule has 7 heteroatoms. The highest BCUT2D eigenvalue weighted by molar-refractivity contribution is 5.31. The monoisotopic (exact) mass is 246 g/mol. The van der Waals surface area contributed by atoms with Crippen LogP contribution < -0.4 is 10.9 Å². The molecule has 1 aliphatic rings. The molecule has 0 spiro atoms. The molecular formula is C11H14N6O. The average molecular weight is 246 g/mol. The fraction of sp³-hybridized carbons (Fsp3) is 0.455. The summed E-state index contributed by atoms with van der Waals surface area (Å²) in [4.78, 5) is 20.2. The molecule has 0 unspecified atom stereocenters. The Morgan fingerprint density at radius 1 is 1.44 bits per heavy atom. The largest absolute Gasteiger partial charge is 0.358 e. The van der Waals surface area contributed by atoms with E-state index in [1.165, 1.54) is 0 Å². The molecule has 0 aromatic carbocycles. The van der Waals surface area contributed by atoms with Crippen molar-refractivity contribution >= 4 is 5.82 Å². The van der Waals surface area contributed by atoms with E-state index in [-0.39, 0.29) is 5.56 Å². The molecule has 1 saturated carbocycles. The van der Waals surface area contributed by atoms with E-state index in [1.807, 2.05) is 0 Å². The summed E-state index contributed by atoms with van der Waals surface area (Å²) in [5.74, 6) is 0.998. The van der Waals surface area contributed by atoms with Gasteiger partial charge in [-0.1, -0.05) is 0 Å². The molecule has 2 heterocycles. The molecule has 2 aromatic rings. The van der Waals surface area contributed by atoms with Crippen LogP contribution in [0.25, 0.3) is 0 Å². The lowest BCUT2D eigenvalue weighted by Crippen LogP contribution is -2.23. The Kier molecular flexibility index (Phi) is 2.58. The topological polar surface area (TPSA) is 77.6 Å². The molecule has 1 aliphatic carbocycles. The average Bonchev–Trinajstić information content (AvgIpc) is 3.11. The van der Waals surface area contributed by atoms with Crippen molar-refractivity contribution in [2.45, 2.75) is 25.4 Å². The van der Waals surface area contributed by atoms with E-state index in [4.69, 9.17) is 0 Å². The Morgan fingerprint density at radius 2 is 2.28 bits per heavy atom. The van der Waals surface area contributed by atoms with Gasteiger partial charge in [0.2, 0.25) is 0 Å². The summed E-state index contributed by atoms with van der Waals surface area (Å²) < 4.78 is 3.36. The molecule has 18 heavy (non-hydrogen) atoms. The fourth-order valence-electron chi connectivity index (χ4n) is 1.81. The molecule has 94 valence electrons. The first-order valence-electron chi connectivity index (χ1n) is 5.89. The van der Waals surface area contributed by atoms with Crippen molar-refractivity contribution in [2.24, 2.45) is 7.05 Å². The Morgan fingerprint density at radius 3 is 2.94 bits per heavy atom. The van der Waals surface area contributed by atoms with Crippen LogP contribution in [0.1, 0.15) is 24.7 Å². The first-order valence-corrected chi connectivity index (χ1v) is 5.89. The maximum absolute atomic E-state index is 12.1. The predicted molar refractivity (Wildman–Crippen MR) is 65.1 cm³/mol. The summed E-state index contributed by atoms with van der Waals surface area (Å²) >= 11 is 0. The summed E-state index contributed by atoms with van der Waals surface area (Å²) in [7, 11) is 1.80. The van der Waals surface area contributed by atoms with Gasteiger partial charge < -0.3 is 9.88 Å². The maximum Gasteiger partial charge on any atom is 0.293 e. The summed E-state index contributed by atoms with van der Waals surface area (Å²) in [6.07, 6.45) is 7.16. The lowest BCUT2D eigenvalue weighted by Gasteiger charge is -2.06. The maximum atomic E-state index is 12.1. The minimum absolute atomic E-state index is 0.0732. The quantitative estimate of drug-likeness (QED) is 0.840. The molecule has 1 fully saturated rings. The normalized spacial score (nSPS) is 14.7. The highest BCUT2D eigenvalue weighted by Gasteiger charge is 2.25. The third kappa shape index (κ3) is 2.11. The minimum atomic E-state index is -0.0732. The Hall–Kier alpha value is -2.18. The van der Waals surface area contributed by atoms with Crippen LogP contribution in [0.2, 0.25) is 0 Å². The van der Waals surface area contributed by atoms with Gasteiger partial charge in [0.15, 0.2) is 11.6 Å². The molecule has 0 atom stereocenters. The van der Waals surface area contributed by atoms with Crippen molar-refractivity contribution in [2.75, 3.05) is 5.32 Å². The second kappa shape index (κ2) is 4.25. The van der Waals surface area contributed by atoms with E-state index in [9.17, 15) is 4.79 Å². The lowest BCUT2D eigenvalue weighted by molar-refractivity contribution is 0.698. The van der Waals surface area contributed by atoms with Gasteiger partial charge in [0.25, 0.3) is 5.56 Å². The smallest absolute Gasteiger partial charge is 0.293 e. The van der Waals surface area contributed by atoms with E-state index in [0.29, 0.717) is 24.2 Å². The van der Waals surface area contributed by atoms with Crippen molar-refractivity contribution in [3.05, 3.63) is 34.9 Å². The first-order chi connectivity index (χ1) is 8.74. The molecule has 1 N–H and O–H groups in total. The van der Waals surface area contributed by atoms with Gasteiger partial charge in [-0.3, -0.25) is 9.48 Å². The molecule has 0 saturated heterocycles. The van der Waals surface area contributed by atoms with Crippen molar-refractivity contribution in [3.63, 3.8) is 0 Å².